The lowest BCUT2D eigenvalue weighted by molar-refractivity contribution is -0.711. The minimum absolute atomic E-state index is 0.188. The molecule has 0 radical (unpaired) electrons. The summed E-state index contributed by atoms with van der Waals surface area (Å²) in [4.78, 5) is 0. The lowest BCUT2D eigenvalue weighted by Gasteiger charge is -2.26. The van der Waals surface area contributed by atoms with Gasteiger partial charge in [-0.25, -0.2) is 4.57 Å². The van der Waals surface area contributed by atoms with E-state index >= 15 is 0 Å². The standard InChI is InChI=1S/C22H21N3O2/c1-14-24(21-17-8-4-2-6-15(17)10-12-19(21)23-26)20-13-11-16-7-3-5-9-18(16)22(20)25(14)27/h2-9,21H,10-13H2,1H3,(H-,26,27)/p+1/b23-19+. The van der Waals surface area contributed by atoms with E-state index in [-0.39, 0.29) is 6.04 Å². The molecule has 0 spiro atoms. The Balaban J connectivity index is 1.79. The number of oxime groups is 1. The van der Waals surface area contributed by atoms with Gasteiger partial charge in [0.25, 0.3) is 5.82 Å². The van der Waals surface area contributed by atoms with Crippen molar-refractivity contribution < 1.29 is 15.0 Å². The lowest BCUT2D eigenvalue weighted by Crippen LogP contribution is -2.51. The molecule has 1 unspecified atom stereocenters. The van der Waals surface area contributed by atoms with Crippen molar-refractivity contribution in [3.8, 4) is 11.3 Å². The van der Waals surface area contributed by atoms with Crippen LogP contribution in [0.1, 0.15) is 40.7 Å². The number of hydrogen-bond acceptors (Lipinski definition) is 3. The Morgan fingerprint density at radius 3 is 2.48 bits per heavy atom. The SMILES string of the molecule is Cc1n(O)c2c([n+]1C1/C(=N/O)CCc3ccccc31)CCc1ccccc1-2. The van der Waals surface area contributed by atoms with Gasteiger partial charge in [0.1, 0.15) is 5.71 Å². The first kappa shape index (κ1) is 16.1. The van der Waals surface area contributed by atoms with Gasteiger partial charge in [-0.1, -0.05) is 53.7 Å². The van der Waals surface area contributed by atoms with Gasteiger partial charge in [0.15, 0.2) is 11.7 Å². The van der Waals surface area contributed by atoms with Gasteiger partial charge >= 0.3 is 0 Å². The normalized spacial score (nSPS) is 19.4. The quantitative estimate of drug-likeness (QED) is 0.302. The van der Waals surface area contributed by atoms with Crippen LogP contribution in [0.2, 0.25) is 0 Å². The van der Waals surface area contributed by atoms with Gasteiger partial charge in [-0.15, -0.1) is 0 Å². The molecule has 5 nitrogen and oxygen atoms in total. The molecule has 2 aliphatic carbocycles. The van der Waals surface area contributed by atoms with Crippen LogP contribution in [0, 0.1) is 6.92 Å². The zero-order valence-electron chi connectivity index (χ0n) is 15.3. The molecular weight excluding hydrogens is 338 g/mol. The third kappa shape index (κ3) is 2.24. The summed E-state index contributed by atoms with van der Waals surface area (Å²) in [6, 6.07) is 16.4. The minimum atomic E-state index is -0.188. The van der Waals surface area contributed by atoms with E-state index in [0.717, 1.165) is 53.3 Å². The summed E-state index contributed by atoms with van der Waals surface area (Å²) in [6.07, 6.45) is 3.37. The summed E-state index contributed by atoms with van der Waals surface area (Å²) in [5, 5.41) is 24.3. The molecule has 2 aliphatic rings. The molecule has 3 aromatic rings. The smallest absolute Gasteiger partial charge is 0.295 e. The Labute approximate surface area is 157 Å². The van der Waals surface area contributed by atoms with Crippen LogP contribution in [0.5, 0.6) is 0 Å². The first-order valence-electron chi connectivity index (χ1n) is 9.42. The number of aryl methyl sites for hydroxylation is 2. The van der Waals surface area contributed by atoms with Crippen LogP contribution >= 0.6 is 0 Å². The van der Waals surface area contributed by atoms with Gasteiger partial charge in [-0.2, -0.15) is 0 Å². The van der Waals surface area contributed by atoms with Crippen molar-refractivity contribution >= 4 is 5.71 Å². The highest BCUT2D eigenvalue weighted by Gasteiger charge is 2.41. The number of hydrogen-bond donors (Lipinski definition) is 2. The Kier molecular flexibility index (Phi) is 3.57. The molecule has 136 valence electrons. The second-order valence-corrected chi connectivity index (χ2v) is 7.37. The molecule has 27 heavy (non-hydrogen) atoms. The van der Waals surface area contributed by atoms with Crippen molar-refractivity contribution in [3.63, 3.8) is 0 Å². The second kappa shape index (κ2) is 5.98. The third-order valence-electron chi connectivity index (χ3n) is 6.04. The third-order valence-corrected chi connectivity index (χ3v) is 6.04. The molecule has 0 amide bonds. The van der Waals surface area contributed by atoms with Crippen LogP contribution in [0.3, 0.4) is 0 Å². The summed E-state index contributed by atoms with van der Waals surface area (Å²) in [5.74, 6) is 0.750. The Bertz CT molecular complexity index is 1080. The molecule has 5 rings (SSSR count). The molecule has 0 aliphatic heterocycles. The molecule has 0 saturated carbocycles. The fourth-order valence-corrected chi connectivity index (χ4v) is 4.77. The molecule has 2 aromatic carbocycles. The molecule has 5 heteroatoms. The maximum Gasteiger partial charge on any atom is 0.295 e. The van der Waals surface area contributed by atoms with Gasteiger partial charge < -0.3 is 10.4 Å². The topological polar surface area (TPSA) is 61.6 Å². The molecule has 2 N–H and O–H groups in total. The largest absolute Gasteiger partial charge is 0.411 e. The van der Waals surface area contributed by atoms with Crippen LogP contribution < -0.4 is 4.57 Å². The molecule has 0 bridgehead atoms. The van der Waals surface area contributed by atoms with Crippen molar-refractivity contribution in [3.05, 3.63) is 76.7 Å². The first-order chi connectivity index (χ1) is 13.2. The fraction of sp³-hybridized carbons (Fsp3) is 0.273. The van der Waals surface area contributed by atoms with Gasteiger partial charge in [-0.05, 0) is 35.1 Å². The van der Waals surface area contributed by atoms with Crippen molar-refractivity contribution in [2.75, 3.05) is 0 Å². The first-order valence-corrected chi connectivity index (χ1v) is 9.42. The van der Waals surface area contributed by atoms with Crippen LogP contribution in [-0.2, 0) is 19.3 Å². The average Bonchev–Trinajstić information content (AvgIpc) is 2.97. The summed E-state index contributed by atoms with van der Waals surface area (Å²) < 4.78 is 3.47. The predicted molar refractivity (Wildman–Crippen MR) is 102 cm³/mol. The van der Waals surface area contributed by atoms with E-state index in [2.05, 4.69) is 40.1 Å². The summed E-state index contributed by atoms with van der Waals surface area (Å²) in [5.41, 5.74) is 7.45. The number of fused-ring (bicyclic) bond motifs is 4. The zero-order chi connectivity index (χ0) is 18.5. The van der Waals surface area contributed by atoms with Crippen molar-refractivity contribution in [1.82, 2.24) is 4.73 Å². The Morgan fingerprint density at radius 2 is 1.67 bits per heavy atom. The Hall–Kier alpha value is -3.08. The molecule has 1 atom stereocenters. The van der Waals surface area contributed by atoms with Crippen molar-refractivity contribution in [1.29, 1.82) is 0 Å². The number of imidazole rings is 1. The fourth-order valence-electron chi connectivity index (χ4n) is 4.77. The molecule has 1 heterocycles. The molecular formula is C22H22N3O2+. The van der Waals surface area contributed by atoms with Gasteiger partial charge in [0.05, 0.1) is 0 Å². The number of rotatable bonds is 1. The molecule has 0 fully saturated rings. The summed E-state index contributed by atoms with van der Waals surface area (Å²) >= 11 is 0. The molecule has 0 saturated heterocycles. The van der Waals surface area contributed by atoms with Gasteiger partial charge in [-0.3, -0.25) is 0 Å². The Morgan fingerprint density at radius 1 is 0.963 bits per heavy atom. The highest BCUT2D eigenvalue weighted by atomic mass is 16.5. The van der Waals surface area contributed by atoms with E-state index in [4.69, 9.17) is 0 Å². The van der Waals surface area contributed by atoms with Gasteiger partial charge in [0.2, 0.25) is 5.69 Å². The molecule has 1 aromatic heterocycles. The van der Waals surface area contributed by atoms with Crippen LogP contribution in [-0.4, -0.2) is 20.9 Å². The van der Waals surface area contributed by atoms with Crippen molar-refractivity contribution in [2.45, 2.75) is 38.6 Å². The minimum Gasteiger partial charge on any atom is -0.411 e. The monoisotopic (exact) mass is 360 g/mol. The highest BCUT2D eigenvalue weighted by molar-refractivity contribution is 5.91. The van der Waals surface area contributed by atoms with Crippen LogP contribution in [0.25, 0.3) is 11.3 Å². The van der Waals surface area contributed by atoms with Gasteiger partial charge in [0, 0.05) is 24.5 Å². The zero-order valence-corrected chi connectivity index (χ0v) is 15.3. The van der Waals surface area contributed by atoms with Crippen molar-refractivity contribution in [2.24, 2.45) is 5.16 Å². The number of aromatic nitrogens is 2. The van der Waals surface area contributed by atoms with Crippen LogP contribution in [0.4, 0.5) is 0 Å². The van der Waals surface area contributed by atoms with E-state index in [9.17, 15) is 10.4 Å². The van der Waals surface area contributed by atoms with E-state index in [1.54, 1.807) is 0 Å². The average molecular weight is 360 g/mol. The maximum absolute atomic E-state index is 10.9. The lowest BCUT2D eigenvalue weighted by atomic mass is 9.85. The second-order valence-electron chi connectivity index (χ2n) is 7.37. The highest BCUT2D eigenvalue weighted by Crippen LogP contribution is 2.36. The maximum atomic E-state index is 10.9. The summed E-state index contributed by atoms with van der Waals surface area (Å²) in [7, 11) is 0. The number of nitrogens with zero attached hydrogens (tertiary/aromatic N) is 3. The van der Waals surface area contributed by atoms with E-state index in [0.29, 0.717) is 6.42 Å². The number of benzene rings is 2. The predicted octanol–water partition coefficient (Wildman–Crippen LogP) is 3.45. The van der Waals surface area contributed by atoms with E-state index < -0.39 is 0 Å². The van der Waals surface area contributed by atoms with Crippen LogP contribution in [0.15, 0.2) is 53.7 Å². The van der Waals surface area contributed by atoms with E-state index in [1.165, 1.54) is 15.9 Å². The summed E-state index contributed by atoms with van der Waals surface area (Å²) in [6.45, 7) is 1.92. The van der Waals surface area contributed by atoms with E-state index in [1.807, 2.05) is 25.1 Å².